The van der Waals surface area contributed by atoms with Gasteiger partial charge in [0.1, 0.15) is 18.1 Å². The van der Waals surface area contributed by atoms with Crippen molar-refractivity contribution in [3.63, 3.8) is 0 Å². The molecule has 0 saturated carbocycles. The van der Waals surface area contributed by atoms with E-state index in [0.29, 0.717) is 13.2 Å². The van der Waals surface area contributed by atoms with Crippen LogP contribution in [0.4, 0.5) is 0 Å². The van der Waals surface area contributed by atoms with Crippen LogP contribution in [0.15, 0.2) is 16.5 Å². The second-order valence-electron chi connectivity index (χ2n) is 3.58. The van der Waals surface area contributed by atoms with Crippen LogP contribution in [0.2, 0.25) is 0 Å². The van der Waals surface area contributed by atoms with Crippen molar-refractivity contribution >= 4 is 5.91 Å². The van der Waals surface area contributed by atoms with Crippen LogP contribution in [0.3, 0.4) is 0 Å². The Morgan fingerprint density at radius 3 is 2.94 bits per heavy atom. The van der Waals surface area contributed by atoms with Crippen molar-refractivity contribution in [2.24, 2.45) is 5.73 Å². The molecule has 5 heteroatoms. The van der Waals surface area contributed by atoms with E-state index in [4.69, 9.17) is 14.9 Å². The topological polar surface area (TPSA) is 77.5 Å². The molecule has 1 unspecified atom stereocenters. The maximum absolute atomic E-state index is 11.4. The summed E-state index contributed by atoms with van der Waals surface area (Å²) in [5.74, 6) is 1.40. The van der Waals surface area contributed by atoms with Gasteiger partial charge >= 0.3 is 0 Å². The minimum atomic E-state index is -0.171. The molecule has 0 aliphatic carbocycles. The fraction of sp³-hybridized carbons (Fsp3) is 0.545. The zero-order valence-corrected chi connectivity index (χ0v) is 9.66. The Morgan fingerprint density at radius 2 is 2.38 bits per heavy atom. The summed E-state index contributed by atoms with van der Waals surface area (Å²) in [6.07, 6.45) is 0. The van der Waals surface area contributed by atoms with Crippen molar-refractivity contribution in [2.75, 3.05) is 19.8 Å². The van der Waals surface area contributed by atoms with Gasteiger partial charge < -0.3 is 20.2 Å². The molecular weight excluding hydrogens is 208 g/mol. The third-order valence-electron chi connectivity index (χ3n) is 2.06. The fourth-order valence-corrected chi connectivity index (χ4v) is 1.29. The summed E-state index contributed by atoms with van der Waals surface area (Å²) in [7, 11) is 0. The fourth-order valence-electron chi connectivity index (χ4n) is 1.29. The van der Waals surface area contributed by atoms with Crippen LogP contribution in [0.5, 0.6) is 0 Å². The number of furan rings is 1. The maximum atomic E-state index is 11.4. The summed E-state index contributed by atoms with van der Waals surface area (Å²) < 4.78 is 10.4. The molecule has 1 amide bonds. The molecule has 3 N–H and O–H groups in total. The molecule has 0 fully saturated rings. The molecule has 1 aromatic heterocycles. The molecular formula is C11H18N2O3. The Morgan fingerprint density at radius 1 is 1.62 bits per heavy atom. The predicted molar refractivity (Wildman–Crippen MR) is 59.9 cm³/mol. The van der Waals surface area contributed by atoms with E-state index in [1.807, 2.05) is 26.0 Å². The van der Waals surface area contributed by atoms with Gasteiger partial charge in [0.25, 0.3) is 0 Å². The van der Waals surface area contributed by atoms with E-state index in [1.54, 1.807) is 0 Å². The van der Waals surface area contributed by atoms with Crippen LogP contribution < -0.4 is 11.1 Å². The van der Waals surface area contributed by atoms with Gasteiger partial charge in [0.15, 0.2) is 0 Å². The molecule has 1 heterocycles. The average Bonchev–Trinajstić information content (AvgIpc) is 2.65. The molecule has 0 aromatic carbocycles. The minimum absolute atomic E-state index is 0.0290. The van der Waals surface area contributed by atoms with Crippen molar-refractivity contribution in [3.05, 3.63) is 23.7 Å². The van der Waals surface area contributed by atoms with Gasteiger partial charge in [0.2, 0.25) is 5.91 Å². The number of amides is 1. The maximum Gasteiger partial charge on any atom is 0.246 e. The van der Waals surface area contributed by atoms with E-state index in [0.717, 1.165) is 11.5 Å². The Hall–Kier alpha value is -1.33. The SMILES string of the molecule is Cc1ccc(C(C)NC(=O)COCCN)o1. The summed E-state index contributed by atoms with van der Waals surface area (Å²) in [6.45, 7) is 4.56. The molecule has 1 rings (SSSR count). The van der Waals surface area contributed by atoms with Crippen molar-refractivity contribution in [1.82, 2.24) is 5.32 Å². The zero-order chi connectivity index (χ0) is 12.0. The lowest BCUT2D eigenvalue weighted by Crippen LogP contribution is -2.30. The first-order valence-corrected chi connectivity index (χ1v) is 5.27. The number of ether oxygens (including phenoxy) is 1. The minimum Gasteiger partial charge on any atom is -0.464 e. The summed E-state index contributed by atoms with van der Waals surface area (Å²) >= 11 is 0. The molecule has 16 heavy (non-hydrogen) atoms. The molecule has 0 spiro atoms. The Kier molecular flexibility index (Phi) is 5.01. The first-order valence-electron chi connectivity index (χ1n) is 5.27. The highest BCUT2D eigenvalue weighted by Gasteiger charge is 2.12. The Bertz CT molecular complexity index is 336. The molecule has 0 saturated heterocycles. The number of nitrogens with one attached hydrogen (secondary N) is 1. The monoisotopic (exact) mass is 226 g/mol. The molecule has 90 valence electrons. The highest BCUT2D eigenvalue weighted by molar-refractivity contribution is 5.77. The van der Waals surface area contributed by atoms with Gasteiger partial charge in [-0.05, 0) is 26.0 Å². The Labute approximate surface area is 94.9 Å². The highest BCUT2D eigenvalue weighted by atomic mass is 16.5. The van der Waals surface area contributed by atoms with Gasteiger partial charge in [0, 0.05) is 6.54 Å². The van der Waals surface area contributed by atoms with Crippen molar-refractivity contribution in [3.8, 4) is 0 Å². The number of nitrogens with two attached hydrogens (primary N) is 1. The standard InChI is InChI=1S/C11H18N2O3/c1-8-3-4-10(16-8)9(2)13-11(14)7-15-6-5-12/h3-4,9H,5-7,12H2,1-2H3,(H,13,14). The number of aryl methyl sites for hydroxylation is 1. The summed E-state index contributed by atoms with van der Waals surface area (Å²) in [5.41, 5.74) is 5.24. The number of hydrogen-bond donors (Lipinski definition) is 2. The van der Waals surface area contributed by atoms with Crippen molar-refractivity contribution < 1.29 is 13.9 Å². The largest absolute Gasteiger partial charge is 0.464 e. The molecule has 0 radical (unpaired) electrons. The van der Waals surface area contributed by atoms with Crippen molar-refractivity contribution in [2.45, 2.75) is 19.9 Å². The molecule has 0 bridgehead atoms. The second kappa shape index (κ2) is 6.30. The lowest BCUT2D eigenvalue weighted by Gasteiger charge is -2.11. The van der Waals surface area contributed by atoms with Gasteiger partial charge in [0.05, 0.1) is 12.6 Å². The van der Waals surface area contributed by atoms with E-state index in [2.05, 4.69) is 5.32 Å². The lowest BCUT2D eigenvalue weighted by atomic mass is 10.2. The van der Waals surface area contributed by atoms with Crippen LogP contribution in [0.1, 0.15) is 24.5 Å². The van der Waals surface area contributed by atoms with E-state index in [-0.39, 0.29) is 18.6 Å². The smallest absolute Gasteiger partial charge is 0.246 e. The van der Waals surface area contributed by atoms with E-state index in [1.165, 1.54) is 0 Å². The number of carbonyl (C=O) groups is 1. The summed E-state index contributed by atoms with van der Waals surface area (Å²) in [5, 5.41) is 2.77. The van der Waals surface area contributed by atoms with Crippen LogP contribution in [-0.2, 0) is 9.53 Å². The third-order valence-corrected chi connectivity index (χ3v) is 2.06. The van der Waals surface area contributed by atoms with Crippen LogP contribution in [-0.4, -0.2) is 25.7 Å². The first-order chi connectivity index (χ1) is 7.63. The van der Waals surface area contributed by atoms with Crippen molar-refractivity contribution in [1.29, 1.82) is 0 Å². The van der Waals surface area contributed by atoms with E-state index >= 15 is 0 Å². The van der Waals surface area contributed by atoms with Gasteiger partial charge in [-0.2, -0.15) is 0 Å². The molecule has 1 aromatic rings. The van der Waals surface area contributed by atoms with Gasteiger partial charge in [-0.15, -0.1) is 0 Å². The third kappa shape index (κ3) is 4.04. The van der Waals surface area contributed by atoms with E-state index < -0.39 is 0 Å². The summed E-state index contributed by atoms with van der Waals surface area (Å²) in [6, 6.07) is 3.56. The lowest BCUT2D eigenvalue weighted by molar-refractivity contribution is -0.126. The average molecular weight is 226 g/mol. The first kappa shape index (κ1) is 12.7. The number of hydrogen-bond acceptors (Lipinski definition) is 4. The molecule has 5 nitrogen and oxygen atoms in total. The zero-order valence-electron chi connectivity index (χ0n) is 9.66. The second-order valence-corrected chi connectivity index (χ2v) is 3.58. The van der Waals surface area contributed by atoms with Crippen LogP contribution in [0, 0.1) is 6.92 Å². The van der Waals surface area contributed by atoms with Crippen LogP contribution in [0.25, 0.3) is 0 Å². The predicted octanol–water partition coefficient (Wildman–Crippen LogP) is 0.741. The van der Waals surface area contributed by atoms with E-state index in [9.17, 15) is 4.79 Å². The number of carbonyl (C=O) groups excluding carboxylic acids is 1. The molecule has 0 aliphatic heterocycles. The quantitative estimate of drug-likeness (QED) is 0.701. The van der Waals surface area contributed by atoms with Crippen LogP contribution >= 0.6 is 0 Å². The Balaban J connectivity index is 2.33. The number of rotatable bonds is 6. The summed E-state index contributed by atoms with van der Waals surface area (Å²) in [4.78, 5) is 11.4. The van der Waals surface area contributed by atoms with Gasteiger partial charge in [-0.25, -0.2) is 0 Å². The van der Waals surface area contributed by atoms with Gasteiger partial charge in [-0.3, -0.25) is 4.79 Å². The molecule has 0 aliphatic rings. The molecule has 1 atom stereocenters. The van der Waals surface area contributed by atoms with Gasteiger partial charge in [-0.1, -0.05) is 0 Å². The highest BCUT2D eigenvalue weighted by Crippen LogP contribution is 2.15. The normalized spacial score (nSPS) is 12.4.